The summed E-state index contributed by atoms with van der Waals surface area (Å²) in [7, 11) is 0. The van der Waals surface area contributed by atoms with Crippen LogP contribution < -0.4 is 4.90 Å². The summed E-state index contributed by atoms with van der Waals surface area (Å²) in [5, 5.41) is 9.04. The third-order valence-electron chi connectivity index (χ3n) is 2.36. The minimum absolute atomic E-state index is 0.0126. The molecule has 0 aliphatic heterocycles. The maximum absolute atomic E-state index is 9.04. The summed E-state index contributed by atoms with van der Waals surface area (Å²) in [6.07, 6.45) is 4.57. The van der Waals surface area contributed by atoms with E-state index in [-0.39, 0.29) is 6.61 Å². The van der Waals surface area contributed by atoms with Crippen LogP contribution in [-0.2, 0) is 6.61 Å². The smallest absolute Gasteiger partial charge is 0.225 e. The van der Waals surface area contributed by atoms with Gasteiger partial charge in [-0.1, -0.05) is 13.0 Å². The number of aryl methyl sites for hydroxylation is 1. The molecular weight excluding hydrogens is 202 g/mol. The van der Waals surface area contributed by atoms with Gasteiger partial charge in [-0.3, -0.25) is 0 Å². The van der Waals surface area contributed by atoms with Gasteiger partial charge in [0.15, 0.2) is 0 Å². The molecule has 0 aliphatic rings. The molecule has 0 fully saturated rings. The monoisotopic (exact) mass is 221 g/mol. The summed E-state index contributed by atoms with van der Waals surface area (Å²) in [5.41, 5.74) is 1.61. The average molecular weight is 221 g/mol. The number of nitrogens with zero attached hydrogens (tertiary/aromatic N) is 3. The highest BCUT2D eigenvalue weighted by atomic mass is 16.3. The zero-order valence-electron chi connectivity index (χ0n) is 9.98. The van der Waals surface area contributed by atoms with Crippen molar-refractivity contribution < 1.29 is 5.11 Å². The summed E-state index contributed by atoms with van der Waals surface area (Å²) in [6, 6.07) is 0. The Kier molecular flexibility index (Phi) is 4.92. The van der Waals surface area contributed by atoms with Crippen molar-refractivity contribution in [2.24, 2.45) is 0 Å². The number of aliphatic hydroxyl groups excluding tert-OH is 1. The van der Waals surface area contributed by atoms with Gasteiger partial charge in [-0.05, 0) is 13.3 Å². The van der Waals surface area contributed by atoms with E-state index in [9.17, 15) is 0 Å². The maximum Gasteiger partial charge on any atom is 0.225 e. The van der Waals surface area contributed by atoms with Crippen LogP contribution in [0.4, 0.5) is 5.95 Å². The third-order valence-corrected chi connectivity index (χ3v) is 2.36. The highest BCUT2D eigenvalue weighted by Crippen LogP contribution is 2.11. The second-order valence-electron chi connectivity index (χ2n) is 3.67. The van der Waals surface area contributed by atoms with E-state index in [0.717, 1.165) is 30.8 Å². The molecule has 0 atom stereocenters. The number of hydrogen-bond donors (Lipinski definition) is 1. The molecule has 4 heteroatoms. The third kappa shape index (κ3) is 3.03. The van der Waals surface area contributed by atoms with Crippen molar-refractivity contribution in [2.45, 2.75) is 26.9 Å². The van der Waals surface area contributed by atoms with Gasteiger partial charge in [0.1, 0.15) is 0 Å². The van der Waals surface area contributed by atoms with Crippen LogP contribution in [0.3, 0.4) is 0 Å². The fourth-order valence-corrected chi connectivity index (χ4v) is 1.49. The van der Waals surface area contributed by atoms with Gasteiger partial charge in [0.25, 0.3) is 0 Å². The molecule has 0 aromatic carbocycles. The van der Waals surface area contributed by atoms with Crippen LogP contribution in [0.25, 0.3) is 0 Å². The van der Waals surface area contributed by atoms with Crippen LogP contribution in [0.1, 0.15) is 24.6 Å². The van der Waals surface area contributed by atoms with Crippen LogP contribution in [-0.4, -0.2) is 28.2 Å². The van der Waals surface area contributed by atoms with Crippen LogP contribution in [0.5, 0.6) is 0 Å². The fraction of sp³-hybridized carbons (Fsp3) is 0.500. The molecular formula is C12H19N3O. The highest BCUT2D eigenvalue weighted by molar-refractivity contribution is 5.33. The molecule has 0 bridgehead atoms. The first-order valence-electron chi connectivity index (χ1n) is 5.52. The summed E-state index contributed by atoms with van der Waals surface area (Å²) < 4.78 is 0. The van der Waals surface area contributed by atoms with Crippen molar-refractivity contribution in [3.63, 3.8) is 0 Å². The molecule has 0 saturated carbocycles. The Morgan fingerprint density at radius 2 is 2.31 bits per heavy atom. The van der Waals surface area contributed by atoms with Gasteiger partial charge in [-0.15, -0.1) is 6.58 Å². The van der Waals surface area contributed by atoms with Crippen molar-refractivity contribution in [1.82, 2.24) is 9.97 Å². The first-order valence-corrected chi connectivity index (χ1v) is 5.52. The quantitative estimate of drug-likeness (QED) is 0.742. The van der Waals surface area contributed by atoms with Gasteiger partial charge in [0.05, 0.1) is 6.61 Å². The molecule has 1 heterocycles. The van der Waals surface area contributed by atoms with E-state index in [1.54, 1.807) is 6.20 Å². The van der Waals surface area contributed by atoms with E-state index in [1.807, 2.05) is 13.0 Å². The molecule has 1 N–H and O–H groups in total. The molecule has 0 unspecified atom stereocenters. The highest BCUT2D eigenvalue weighted by Gasteiger charge is 2.08. The largest absolute Gasteiger partial charge is 0.392 e. The number of rotatable bonds is 6. The predicted octanol–water partition coefficient (Wildman–Crippen LogP) is 1.68. The van der Waals surface area contributed by atoms with Crippen molar-refractivity contribution in [3.05, 3.63) is 30.1 Å². The van der Waals surface area contributed by atoms with Gasteiger partial charge >= 0.3 is 0 Å². The number of aliphatic hydroxyl groups is 1. The van der Waals surface area contributed by atoms with Gasteiger partial charge in [-0.25, -0.2) is 9.97 Å². The maximum atomic E-state index is 9.04. The van der Waals surface area contributed by atoms with Crippen molar-refractivity contribution in [1.29, 1.82) is 0 Å². The zero-order chi connectivity index (χ0) is 12.0. The van der Waals surface area contributed by atoms with E-state index >= 15 is 0 Å². The first kappa shape index (κ1) is 12.6. The molecule has 1 rings (SSSR count). The van der Waals surface area contributed by atoms with E-state index in [1.165, 1.54) is 0 Å². The van der Waals surface area contributed by atoms with Crippen molar-refractivity contribution in [2.75, 3.05) is 18.0 Å². The molecule has 0 aliphatic carbocycles. The molecule has 16 heavy (non-hydrogen) atoms. The Hall–Kier alpha value is -1.42. The normalized spacial score (nSPS) is 10.2. The summed E-state index contributed by atoms with van der Waals surface area (Å²) in [5.74, 6) is 0.705. The SMILES string of the molecule is C=CCN(CCC)c1ncc(CO)c(C)n1. The molecule has 0 spiro atoms. The zero-order valence-corrected chi connectivity index (χ0v) is 9.98. The van der Waals surface area contributed by atoms with Crippen LogP contribution >= 0.6 is 0 Å². The van der Waals surface area contributed by atoms with Crippen molar-refractivity contribution >= 4 is 5.95 Å². The lowest BCUT2D eigenvalue weighted by molar-refractivity contribution is 0.280. The van der Waals surface area contributed by atoms with E-state index in [2.05, 4.69) is 28.4 Å². The van der Waals surface area contributed by atoms with Gasteiger partial charge < -0.3 is 10.0 Å². The summed E-state index contributed by atoms with van der Waals surface area (Å²) >= 11 is 0. The first-order chi connectivity index (χ1) is 7.72. The molecule has 1 aromatic heterocycles. The number of hydrogen-bond acceptors (Lipinski definition) is 4. The lowest BCUT2D eigenvalue weighted by atomic mass is 10.2. The lowest BCUT2D eigenvalue weighted by Gasteiger charge is -2.20. The van der Waals surface area contributed by atoms with Crippen LogP contribution in [0.2, 0.25) is 0 Å². The second kappa shape index (κ2) is 6.23. The van der Waals surface area contributed by atoms with Gasteiger partial charge in [0.2, 0.25) is 5.95 Å². The Bertz CT molecular complexity index is 352. The van der Waals surface area contributed by atoms with Crippen LogP contribution in [0, 0.1) is 6.92 Å². The topological polar surface area (TPSA) is 49.2 Å². The van der Waals surface area contributed by atoms with Gasteiger partial charge in [-0.2, -0.15) is 0 Å². The van der Waals surface area contributed by atoms with Gasteiger partial charge in [0, 0.05) is 30.5 Å². The minimum atomic E-state index is -0.0126. The molecule has 0 saturated heterocycles. The molecule has 1 aromatic rings. The molecule has 88 valence electrons. The van der Waals surface area contributed by atoms with Crippen LogP contribution in [0.15, 0.2) is 18.9 Å². The Balaban J connectivity index is 2.91. The van der Waals surface area contributed by atoms with E-state index < -0.39 is 0 Å². The Morgan fingerprint density at radius 1 is 1.56 bits per heavy atom. The van der Waals surface area contributed by atoms with Crippen molar-refractivity contribution in [3.8, 4) is 0 Å². The summed E-state index contributed by atoms with van der Waals surface area (Å²) in [6.45, 7) is 9.36. The Morgan fingerprint density at radius 3 is 2.81 bits per heavy atom. The number of anilines is 1. The molecule has 0 amide bonds. The average Bonchev–Trinajstić information content (AvgIpc) is 2.28. The Labute approximate surface area is 96.7 Å². The standard InChI is InChI=1S/C12H19N3O/c1-4-6-15(7-5-2)12-13-8-11(9-16)10(3)14-12/h4,8,16H,1,5-7,9H2,2-3H3. The predicted molar refractivity (Wildman–Crippen MR) is 65.4 cm³/mol. The van der Waals surface area contributed by atoms with E-state index in [4.69, 9.17) is 5.11 Å². The molecule has 4 nitrogen and oxygen atoms in total. The van der Waals surface area contributed by atoms with E-state index in [0.29, 0.717) is 5.95 Å². The fourth-order valence-electron chi connectivity index (χ4n) is 1.49. The summed E-state index contributed by atoms with van der Waals surface area (Å²) in [4.78, 5) is 10.7. The lowest BCUT2D eigenvalue weighted by Crippen LogP contribution is -2.26. The minimum Gasteiger partial charge on any atom is -0.392 e. The second-order valence-corrected chi connectivity index (χ2v) is 3.67. The number of aromatic nitrogens is 2. The molecule has 0 radical (unpaired) electrons.